The van der Waals surface area contributed by atoms with E-state index in [0.717, 1.165) is 6.92 Å². The lowest BCUT2D eigenvalue weighted by Crippen LogP contribution is -1.78. The Balaban J connectivity index is 0.000000310. The van der Waals surface area contributed by atoms with E-state index >= 15 is 0 Å². The highest BCUT2D eigenvalue weighted by Gasteiger charge is 1.96. The third-order valence-electron chi connectivity index (χ3n) is 1.03. The van der Waals surface area contributed by atoms with Gasteiger partial charge in [-0.15, -0.1) is 0 Å². The summed E-state index contributed by atoms with van der Waals surface area (Å²) in [5, 5.41) is 24.4. The van der Waals surface area contributed by atoms with Crippen LogP contribution in [0.25, 0.3) is 0 Å². The monoisotopic (exact) mass is 188 g/mol. The molecule has 3 N–H and O–H groups in total. The summed E-state index contributed by atoms with van der Waals surface area (Å²) < 4.78 is 4.88. The van der Waals surface area contributed by atoms with Crippen molar-refractivity contribution in [2.45, 2.75) is 20.1 Å². The SMILES string of the molecule is CC(=O)O.OCc1ccc(CO)o1. The summed E-state index contributed by atoms with van der Waals surface area (Å²) in [6.07, 6.45) is 0. The van der Waals surface area contributed by atoms with E-state index in [1.807, 2.05) is 0 Å². The maximum atomic E-state index is 9.00. The van der Waals surface area contributed by atoms with E-state index < -0.39 is 5.97 Å². The molecule has 1 rings (SSSR count). The first-order chi connectivity index (χ1) is 6.10. The molecule has 5 heteroatoms. The fourth-order valence-electron chi connectivity index (χ4n) is 0.592. The van der Waals surface area contributed by atoms with E-state index in [9.17, 15) is 0 Å². The smallest absolute Gasteiger partial charge is 0.300 e. The lowest BCUT2D eigenvalue weighted by molar-refractivity contribution is -0.134. The number of carbonyl (C=O) groups is 1. The Labute approximate surface area is 75.2 Å². The summed E-state index contributed by atoms with van der Waals surface area (Å²) in [4.78, 5) is 9.00. The molecule has 0 aromatic carbocycles. The molecule has 1 aromatic rings. The minimum absolute atomic E-state index is 0.111. The summed E-state index contributed by atoms with van der Waals surface area (Å²) in [5.41, 5.74) is 0. The maximum absolute atomic E-state index is 9.00. The van der Waals surface area contributed by atoms with Crippen molar-refractivity contribution in [2.75, 3.05) is 0 Å². The third kappa shape index (κ3) is 5.89. The van der Waals surface area contributed by atoms with Crippen LogP contribution in [0.2, 0.25) is 0 Å². The van der Waals surface area contributed by atoms with Crippen molar-refractivity contribution in [1.82, 2.24) is 0 Å². The quantitative estimate of drug-likeness (QED) is 0.623. The fourth-order valence-corrected chi connectivity index (χ4v) is 0.592. The molecule has 1 aromatic heterocycles. The van der Waals surface area contributed by atoms with Crippen LogP contribution in [0.5, 0.6) is 0 Å². The summed E-state index contributed by atoms with van der Waals surface area (Å²) in [7, 11) is 0. The number of aliphatic carboxylic acids is 1. The lowest BCUT2D eigenvalue weighted by atomic mass is 10.4. The molecule has 0 aliphatic carbocycles. The predicted molar refractivity (Wildman–Crippen MR) is 43.9 cm³/mol. The molecule has 13 heavy (non-hydrogen) atoms. The highest BCUT2D eigenvalue weighted by molar-refractivity contribution is 5.62. The van der Waals surface area contributed by atoms with Gasteiger partial charge in [-0.25, -0.2) is 0 Å². The Morgan fingerprint density at radius 1 is 1.31 bits per heavy atom. The van der Waals surface area contributed by atoms with Gasteiger partial charge in [0.15, 0.2) is 0 Å². The van der Waals surface area contributed by atoms with E-state index in [1.165, 1.54) is 0 Å². The molecule has 0 radical (unpaired) electrons. The van der Waals surface area contributed by atoms with Crippen LogP contribution in [0.1, 0.15) is 18.4 Å². The number of carboxylic acid groups (broad SMARTS) is 1. The van der Waals surface area contributed by atoms with Crippen molar-refractivity contribution in [3.05, 3.63) is 23.7 Å². The number of furan rings is 1. The molecular weight excluding hydrogens is 176 g/mol. The molecule has 5 nitrogen and oxygen atoms in total. The van der Waals surface area contributed by atoms with E-state index in [-0.39, 0.29) is 13.2 Å². The summed E-state index contributed by atoms with van der Waals surface area (Å²) >= 11 is 0. The van der Waals surface area contributed by atoms with Crippen molar-refractivity contribution in [3.8, 4) is 0 Å². The van der Waals surface area contributed by atoms with Crippen LogP contribution in [-0.2, 0) is 18.0 Å². The highest BCUT2D eigenvalue weighted by Crippen LogP contribution is 2.06. The van der Waals surface area contributed by atoms with Crippen molar-refractivity contribution in [3.63, 3.8) is 0 Å². The minimum Gasteiger partial charge on any atom is -0.481 e. The normalized spacial score (nSPS) is 8.85. The van der Waals surface area contributed by atoms with Gasteiger partial charge in [0.2, 0.25) is 0 Å². The molecular formula is C8H12O5. The Hall–Kier alpha value is -1.33. The van der Waals surface area contributed by atoms with Crippen LogP contribution in [-0.4, -0.2) is 21.3 Å². The highest BCUT2D eigenvalue weighted by atomic mass is 16.4. The Bertz CT molecular complexity index is 230. The van der Waals surface area contributed by atoms with Gasteiger partial charge in [-0.2, -0.15) is 0 Å². The number of hydrogen-bond donors (Lipinski definition) is 3. The van der Waals surface area contributed by atoms with Crippen LogP contribution in [0.15, 0.2) is 16.5 Å². The first-order valence-electron chi connectivity index (χ1n) is 3.59. The van der Waals surface area contributed by atoms with Crippen molar-refractivity contribution >= 4 is 5.97 Å². The van der Waals surface area contributed by atoms with E-state index in [4.69, 9.17) is 24.5 Å². The molecule has 74 valence electrons. The topological polar surface area (TPSA) is 90.9 Å². The van der Waals surface area contributed by atoms with Crippen LogP contribution in [0, 0.1) is 0 Å². The zero-order chi connectivity index (χ0) is 10.3. The first kappa shape index (κ1) is 11.7. The van der Waals surface area contributed by atoms with Gasteiger partial charge in [0.25, 0.3) is 5.97 Å². The molecule has 0 unspecified atom stereocenters. The zero-order valence-electron chi connectivity index (χ0n) is 7.23. The standard InChI is InChI=1S/C6H8O3.C2H4O2/c7-3-5-1-2-6(4-8)9-5;1-2(3)4/h1-2,7-8H,3-4H2;1H3,(H,3,4). The fraction of sp³-hybridized carbons (Fsp3) is 0.375. The second-order valence-corrected chi connectivity index (χ2v) is 2.20. The van der Waals surface area contributed by atoms with Gasteiger partial charge in [-0.1, -0.05) is 0 Å². The average molecular weight is 188 g/mol. The van der Waals surface area contributed by atoms with Crippen LogP contribution < -0.4 is 0 Å². The van der Waals surface area contributed by atoms with Gasteiger partial charge in [-0.3, -0.25) is 4.79 Å². The van der Waals surface area contributed by atoms with Crippen LogP contribution >= 0.6 is 0 Å². The van der Waals surface area contributed by atoms with Gasteiger partial charge in [0, 0.05) is 6.92 Å². The Morgan fingerprint density at radius 2 is 1.62 bits per heavy atom. The van der Waals surface area contributed by atoms with Gasteiger partial charge < -0.3 is 19.7 Å². The molecule has 0 atom stereocenters. The number of aliphatic hydroxyl groups is 2. The zero-order valence-corrected chi connectivity index (χ0v) is 7.23. The number of rotatable bonds is 2. The summed E-state index contributed by atoms with van der Waals surface area (Å²) in [6.45, 7) is 0.861. The largest absolute Gasteiger partial charge is 0.481 e. The number of aliphatic hydroxyl groups excluding tert-OH is 2. The van der Waals surface area contributed by atoms with Crippen LogP contribution in [0.4, 0.5) is 0 Å². The molecule has 0 bridgehead atoms. The van der Waals surface area contributed by atoms with Gasteiger partial charge in [0.1, 0.15) is 24.7 Å². The number of hydrogen-bond acceptors (Lipinski definition) is 4. The predicted octanol–water partition coefficient (Wildman–Crippen LogP) is 0.355. The number of carboxylic acids is 1. The summed E-state index contributed by atoms with van der Waals surface area (Å²) in [6, 6.07) is 3.26. The molecule has 0 saturated carbocycles. The summed E-state index contributed by atoms with van der Waals surface area (Å²) in [5.74, 6) is 0.137. The lowest BCUT2D eigenvalue weighted by Gasteiger charge is -1.86. The van der Waals surface area contributed by atoms with E-state index in [1.54, 1.807) is 12.1 Å². The van der Waals surface area contributed by atoms with Crippen molar-refractivity contribution in [2.24, 2.45) is 0 Å². The molecule has 0 aliphatic rings. The van der Waals surface area contributed by atoms with Crippen molar-refractivity contribution < 1.29 is 24.5 Å². The molecule has 0 amide bonds. The van der Waals surface area contributed by atoms with E-state index in [2.05, 4.69) is 0 Å². The van der Waals surface area contributed by atoms with Gasteiger partial charge in [-0.05, 0) is 12.1 Å². The Kier molecular flexibility index (Phi) is 5.58. The minimum atomic E-state index is -0.833. The molecule has 0 aliphatic heterocycles. The van der Waals surface area contributed by atoms with Gasteiger partial charge >= 0.3 is 0 Å². The molecule has 1 heterocycles. The second kappa shape index (κ2) is 6.22. The first-order valence-corrected chi connectivity index (χ1v) is 3.59. The van der Waals surface area contributed by atoms with Gasteiger partial charge in [0.05, 0.1) is 0 Å². The Morgan fingerprint density at radius 3 is 1.77 bits per heavy atom. The third-order valence-corrected chi connectivity index (χ3v) is 1.03. The van der Waals surface area contributed by atoms with Crippen molar-refractivity contribution in [1.29, 1.82) is 0 Å². The molecule has 0 fully saturated rings. The second-order valence-electron chi connectivity index (χ2n) is 2.20. The van der Waals surface area contributed by atoms with E-state index in [0.29, 0.717) is 11.5 Å². The molecule has 0 spiro atoms. The van der Waals surface area contributed by atoms with Crippen LogP contribution in [0.3, 0.4) is 0 Å². The average Bonchev–Trinajstić information content (AvgIpc) is 2.50. The molecule has 0 saturated heterocycles. The maximum Gasteiger partial charge on any atom is 0.300 e.